The largest absolute Gasteiger partial charge is 0.479 e. The lowest BCUT2D eigenvalue weighted by Crippen LogP contribution is -2.52. The first-order valence-electron chi connectivity index (χ1n) is 5.86. The van der Waals surface area contributed by atoms with Gasteiger partial charge in [0.15, 0.2) is 5.60 Å². The number of carbonyl (C=O) groups excluding carboxylic acids is 1. The van der Waals surface area contributed by atoms with Gasteiger partial charge in [-0.2, -0.15) is 0 Å². The van der Waals surface area contributed by atoms with E-state index in [-0.39, 0.29) is 18.0 Å². The van der Waals surface area contributed by atoms with Crippen LogP contribution < -0.4 is 5.32 Å². The predicted molar refractivity (Wildman–Crippen MR) is 68.3 cm³/mol. The maximum atomic E-state index is 11.8. The first kappa shape index (κ1) is 16.7. The van der Waals surface area contributed by atoms with Crippen molar-refractivity contribution in [1.82, 2.24) is 10.2 Å². The van der Waals surface area contributed by atoms with Crippen molar-refractivity contribution in [3.05, 3.63) is 0 Å². The van der Waals surface area contributed by atoms with Crippen LogP contribution in [0.2, 0.25) is 0 Å². The average Bonchev–Trinajstić information content (AvgIpc) is 2.22. The Balaban J connectivity index is 4.48. The molecule has 0 fully saturated rings. The lowest BCUT2D eigenvalue weighted by Gasteiger charge is -2.35. The van der Waals surface area contributed by atoms with Crippen molar-refractivity contribution >= 4 is 12.0 Å². The number of rotatable bonds is 4. The molecule has 0 bridgehead atoms. The summed E-state index contributed by atoms with van der Waals surface area (Å²) < 4.78 is 0. The third-order valence-corrected chi connectivity index (χ3v) is 3.20. The number of carboxylic acids is 1. The van der Waals surface area contributed by atoms with Crippen LogP contribution in [0, 0.1) is 5.41 Å². The maximum absolute atomic E-state index is 11.8. The Morgan fingerprint density at radius 1 is 1.28 bits per heavy atom. The molecule has 2 amide bonds. The molecule has 0 aliphatic heterocycles. The van der Waals surface area contributed by atoms with Gasteiger partial charge in [0.25, 0.3) is 0 Å². The minimum absolute atomic E-state index is 0.0210. The zero-order valence-corrected chi connectivity index (χ0v) is 11.9. The number of carbonyl (C=O) groups is 2. The second kappa shape index (κ2) is 5.56. The topological polar surface area (TPSA) is 89.9 Å². The van der Waals surface area contributed by atoms with Crippen LogP contribution in [0.5, 0.6) is 0 Å². The fraction of sp³-hybridized carbons (Fsp3) is 0.833. The van der Waals surface area contributed by atoms with E-state index >= 15 is 0 Å². The molecule has 0 radical (unpaired) electrons. The summed E-state index contributed by atoms with van der Waals surface area (Å²) in [5.74, 6) is -1.37. The van der Waals surface area contributed by atoms with E-state index < -0.39 is 17.6 Å². The normalized spacial score (nSPS) is 16.6. The maximum Gasteiger partial charge on any atom is 0.337 e. The Hall–Kier alpha value is -1.30. The lowest BCUT2D eigenvalue weighted by atomic mass is 9.87. The molecule has 0 spiro atoms. The Labute approximate surface area is 108 Å². The highest BCUT2D eigenvalue weighted by Gasteiger charge is 2.32. The highest BCUT2D eigenvalue weighted by atomic mass is 16.4. The van der Waals surface area contributed by atoms with Gasteiger partial charge < -0.3 is 20.4 Å². The molecule has 2 unspecified atom stereocenters. The molecule has 6 nitrogen and oxygen atoms in total. The first-order valence-corrected chi connectivity index (χ1v) is 5.86. The molecule has 6 heteroatoms. The minimum Gasteiger partial charge on any atom is -0.479 e. The van der Waals surface area contributed by atoms with Crippen LogP contribution in [0.15, 0.2) is 0 Å². The number of aliphatic hydroxyl groups is 1. The van der Waals surface area contributed by atoms with Crippen molar-refractivity contribution in [3.8, 4) is 0 Å². The SMILES string of the molecule is CC(N(C)C(=O)NCC(C)(O)C(=O)O)C(C)(C)C. The quantitative estimate of drug-likeness (QED) is 0.700. The van der Waals surface area contributed by atoms with Gasteiger partial charge >= 0.3 is 12.0 Å². The van der Waals surface area contributed by atoms with Gasteiger partial charge in [-0.05, 0) is 19.3 Å². The Kier molecular flexibility index (Phi) is 5.16. The number of aliphatic carboxylic acids is 1. The number of hydrogen-bond acceptors (Lipinski definition) is 3. The molecule has 0 aliphatic carbocycles. The van der Waals surface area contributed by atoms with E-state index in [4.69, 9.17) is 5.11 Å². The van der Waals surface area contributed by atoms with Crippen molar-refractivity contribution < 1.29 is 19.8 Å². The van der Waals surface area contributed by atoms with E-state index in [9.17, 15) is 14.7 Å². The summed E-state index contributed by atoms with van der Waals surface area (Å²) in [5, 5.41) is 20.6. The molecule has 0 aromatic rings. The molecule has 2 atom stereocenters. The summed E-state index contributed by atoms with van der Waals surface area (Å²) in [7, 11) is 1.64. The van der Waals surface area contributed by atoms with Crippen molar-refractivity contribution in [1.29, 1.82) is 0 Å². The van der Waals surface area contributed by atoms with Crippen LogP contribution in [0.25, 0.3) is 0 Å². The van der Waals surface area contributed by atoms with Crippen LogP contribution in [-0.4, -0.2) is 52.3 Å². The summed E-state index contributed by atoms with van der Waals surface area (Å²) in [5.41, 5.74) is -2.04. The van der Waals surface area contributed by atoms with Gasteiger partial charge in [0.1, 0.15) is 0 Å². The van der Waals surface area contributed by atoms with Gasteiger partial charge in [-0.25, -0.2) is 9.59 Å². The number of carboxylic acid groups (broad SMARTS) is 1. The summed E-state index contributed by atoms with van der Waals surface area (Å²) in [4.78, 5) is 24.0. The second-order valence-corrected chi connectivity index (χ2v) is 5.89. The monoisotopic (exact) mass is 260 g/mol. The van der Waals surface area contributed by atoms with Gasteiger partial charge in [0.2, 0.25) is 0 Å². The Morgan fingerprint density at radius 2 is 1.72 bits per heavy atom. The Morgan fingerprint density at radius 3 is 2.06 bits per heavy atom. The average molecular weight is 260 g/mol. The second-order valence-electron chi connectivity index (χ2n) is 5.89. The van der Waals surface area contributed by atoms with E-state index in [0.717, 1.165) is 6.92 Å². The zero-order chi connectivity index (χ0) is 14.7. The Bertz CT molecular complexity index is 321. The summed E-state index contributed by atoms with van der Waals surface area (Å²) in [6.45, 7) is 8.75. The van der Waals surface area contributed by atoms with Crippen LogP contribution >= 0.6 is 0 Å². The summed E-state index contributed by atoms with van der Waals surface area (Å²) >= 11 is 0. The fourth-order valence-corrected chi connectivity index (χ4v) is 1.20. The van der Waals surface area contributed by atoms with Crippen molar-refractivity contribution in [2.24, 2.45) is 5.41 Å². The molecular formula is C12H24N2O4. The standard InChI is InChI=1S/C12H24N2O4/c1-8(11(2,3)4)14(6)10(17)13-7-12(5,18)9(15)16/h8,18H,7H2,1-6H3,(H,13,17)(H,15,16). The molecule has 0 saturated heterocycles. The number of urea groups is 1. The van der Waals surface area contributed by atoms with Crippen LogP contribution in [0.4, 0.5) is 4.79 Å². The lowest BCUT2D eigenvalue weighted by molar-refractivity contribution is -0.155. The van der Waals surface area contributed by atoms with E-state index in [2.05, 4.69) is 5.32 Å². The van der Waals surface area contributed by atoms with Crippen molar-refractivity contribution in [3.63, 3.8) is 0 Å². The van der Waals surface area contributed by atoms with Crippen LogP contribution in [0.1, 0.15) is 34.6 Å². The molecule has 18 heavy (non-hydrogen) atoms. The van der Waals surface area contributed by atoms with Gasteiger partial charge in [-0.3, -0.25) is 0 Å². The third-order valence-electron chi connectivity index (χ3n) is 3.20. The van der Waals surface area contributed by atoms with Gasteiger partial charge in [-0.15, -0.1) is 0 Å². The minimum atomic E-state index is -1.96. The summed E-state index contributed by atoms with van der Waals surface area (Å²) in [6.07, 6.45) is 0. The zero-order valence-electron chi connectivity index (χ0n) is 11.9. The van der Waals surface area contributed by atoms with Crippen LogP contribution in [0.3, 0.4) is 0 Å². The van der Waals surface area contributed by atoms with E-state index in [0.29, 0.717) is 0 Å². The van der Waals surface area contributed by atoms with Crippen LogP contribution in [-0.2, 0) is 4.79 Å². The fourth-order valence-electron chi connectivity index (χ4n) is 1.20. The van der Waals surface area contributed by atoms with E-state index in [1.54, 1.807) is 7.05 Å². The van der Waals surface area contributed by atoms with E-state index in [1.807, 2.05) is 27.7 Å². The van der Waals surface area contributed by atoms with Gasteiger partial charge in [0.05, 0.1) is 6.54 Å². The molecule has 106 valence electrons. The van der Waals surface area contributed by atoms with E-state index in [1.165, 1.54) is 4.90 Å². The molecular weight excluding hydrogens is 236 g/mol. The highest BCUT2D eigenvalue weighted by Crippen LogP contribution is 2.22. The first-order chi connectivity index (χ1) is 7.89. The van der Waals surface area contributed by atoms with Gasteiger partial charge in [-0.1, -0.05) is 20.8 Å². The molecule has 0 rings (SSSR count). The molecule has 0 aromatic heterocycles. The van der Waals surface area contributed by atoms with Crippen molar-refractivity contribution in [2.45, 2.75) is 46.3 Å². The number of amides is 2. The molecule has 0 saturated carbocycles. The van der Waals surface area contributed by atoms with Gasteiger partial charge in [0, 0.05) is 13.1 Å². The third kappa shape index (κ3) is 4.52. The molecule has 0 aromatic carbocycles. The highest BCUT2D eigenvalue weighted by molar-refractivity contribution is 5.79. The smallest absolute Gasteiger partial charge is 0.337 e. The summed E-state index contributed by atoms with van der Waals surface area (Å²) in [6, 6.07) is -0.425. The molecule has 3 N–H and O–H groups in total. The number of nitrogens with one attached hydrogen (secondary N) is 1. The molecule has 0 heterocycles. The number of hydrogen-bond donors (Lipinski definition) is 3. The number of nitrogens with zero attached hydrogens (tertiary/aromatic N) is 1. The predicted octanol–water partition coefficient (Wildman–Crippen LogP) is 0.898. The van der Waals surface area contributed by atoms with Crippen molar-refractivity contribution in [2.75, 3.05) is 13.6 Å². The molecule has 0 aliphatic rings.